The van der Waals surface area contributed by atoms with Gasteiger partial charge in [0, 0.05) is 45.5 Å². The van der Waals surface area contributed by atoms with E-state index in [4.69, 9.17) is 19.1 Å². The summed E-state index contributed by atoms with van der Waals surface area (Å²) in [4.78, 5) is 43.4. The molecule has 1 N–H and O–H groups in total. The third-order valence-electron chi connectivity index (χ3n) is 6.61. The van der Waals surface area contributed by atoms with Crippen LogP contribution in [0.15, 0.2) is 39.9 Å². The summed E-state index contributed by atoms with van der Waals surface area (Å²) in [6.07, 6.45) is 6.29. The number of rotatable bonds is 5. The summed E-state index contributed by atoms with van der Waals surface area (Å²) in [5.74, 6) is 0.599. The van der Waals surface area contributed by atoms with Gasteiger partial charge in [-0.2, -0.15) is 4.98 Å². The van der Waals surface area contributed by atoms with Crippen LogP contribution < -0.4 is 20.7 Å². The van der Waals surface area contributed by atoms with Crippen LogP contribution >= 0.6 is 11.3 Å². The molecule has 6 heterocycles. The van der Waals surface area contributed by atoms with Gasteiger partial charge in [0.05, 0.1) is 29.2 Å². The number of oxazole rings is 1. The van der Waals surface area contributed by atoms with E-state index in [2.05, 4.69) is 20.1 Å². The maximum absolute atomic E-state index is 13.2. The minimum absolute atomic E-state index is 0.138. The molecule has 0 bridgehead atoms. The average Bonchev–Trinajstić information content (AvgIpc) is 3.58. The zero-order valence-electron chi connectivity index (χ0n) is 20.5. The van der Waals surface area contributed by atoms with Gasteiger partial charge in [-0.15, -0.1) is 0 Å². The van der Waals surface area contributed by atoms with Crippen molar-refractivity contribution in [3.8, 4) is 11.5 Å². The molecular weight excluding hydrogens is 494 g/mol. The number of morpholine rings is 1. The highest BCUT2D eigenvalue weighted by Crippen LogP contribution is 2.35. The van der Waals surface area contributed by atoms with Crippen molar-refractivity contribution in [3.05, 3.63) is 46.7 Å². The van der Waals surface area contributed by atoms with Crippen molar-refractivity contribution < 1.29 is 13.9 Å². The molecule has 0 saturated carbocycles. The molecule has 192 valence electrons. The molecule has 2 aliphatic rings. The van der Waals surface area contributed by atoms with E-state index < -0.39 is 5.91 Å². The Morgan fingerprint density at radius 2 is 1.84 bits per heavy atom. The number of amides is 1. The van der Waals surface area contributed by atoms with Crippen LogP contribution in [0.2, 0.25) is 0 Å². The van der Waals surface area contributed by atoms with Crippen molar-refractivity contribution in [3.63, 3.8) is 0 Å². The molecule has 0 aromatic carbocycles. The van der Waals surface area contributed by atoms with E-state index in [0.717, 1.165) is 54.7 Å². The summed E-state index contributed by atoms with van der Waals surface area (Å²) in [6, 6.07) is 5.02. The van der Waals surface area contributed by atoms with Gasteiger partial charge in [0.2, 0.25) is 11.4 Å². The number of carbonyl (C=O) groups excluding carboxylic acids is 1. The number of piperidine rings is 1. The van der Waals surface area contributed by atoms with Crippen molar-refractivity contribution in [1.82, 2.24) is 19.5 Å². The molecule has 0 radical (unpaired) electrons. The molecule has 12 heteroatoms. The Morgan fingerprint density at radius 1 is 1.03 bits per heavy atom. The van der Waals surface area contributed by atoms with Crippen molar-refractivity contribution in [2.75, 3.05) is 54.5 Å². The Balaban J connectivity index is 1.31. The maximum Gasteiger partial charge on any atom is 0.277 e. The van der Waals surface area contributed by atoms with Gasteiger partial charge in [-0.3, -0.25) is 9.59 Å². The summed E-state index contributed by atoms with van der Waals surface area (Å²) in [5, 5.41) is 3.93. The Labute approximate surface area is 216 Å². The van der Waals surface area contributed by atoms with Gasteiger partial charge < -0.3 is 28.8 Å². The predicted molar refractivity (Wildman–Crippen MR) is 142 cm³/mol. The number of thiazole rings is 1. The molecule has 0 unspecified atom stereocenters. The lowest BCUT2D eigenvalue weighted by Crippen LogP contribution is -2.36. The van der Waals surface area contributed by atoms with Gasteiger partial charge >= 0.3 is 0 Å². The van der Waals surface area contributed by atoms with Gasteiger partial charge in [0.15, 0.2) is 22.3 Å². The first-order chi connectivity index (χ1) is 18.0. The lowest BCUT2D eigenvalue weighted by molar-refractivity contribution is 0.102. The Hall–Kier alpha value is -3.77. The molecule has 4 aromatic rings. The van der Waals surface area contributed by atoms with Crippen molar-refractivity contribution in [2.45, 2.75) is 19.3 Å². The van der Waals surface area contributed by atoms with Crippen LogP contribution in [0.5, 0.6) is 0 Å². The van der Waals surface area contributed by atoms with Crippen LogP contribution in [-0.4, -0.2) is 64.8 Å². The number of aryl methyl sites for hydroxylation is 1. The molecule has 2 aliphatic heterocycles. The summed E-state index contributed by atoms with van der Waals surface area (Å²) in [6.45, 7) is 4.72. The second-order valence-electron chi connectivity index (χ2n) is 9.18. The largest absolute Gasteiger partial charge is 0.444 e. The molecule has 0 atom stereocenters. The number of hydrogen-bond donors (Lipinski definition) is 1. The van der Waals surface area contributed by atoms with E-state index in [1.807, 2.05) is 6.07 Å². The lowest BCUT2D eigenvalue weighted by atomic mass is 10.1. The number of anilines is 3. The topological polar surface area (TPSA) is 119 Å². The Bertz CT molecular complexity index is 1500. The fourth-order valence-corrected chi connectivity index (χ4v) is 5.59. The number of nitrogens with zero attached hydrogens (tertiary/aromatic N) is 6. The van der Waals surface area contributed by atoms with Crippen molar-refractivity contribution in [2.24, 2.45) is 7.05 Å². The van der Waals surface area contributed by atoms with Crippen molar-refractivity contribution in [1.29, 1.82) is 0 Å². The number of pyridine rings is 2. The predicted octanol–water partition coefficient (Wildman–Crippen LogP) is 3.12. The maximum atomic E-state index is 13.2. The minimum Gasteiger partial charge on any atom is -0.444 e. The van der Waals surface area contributed by atoms with Crippen LogP contribution in [0.1, 0.15) is 29.8 Å². The number of hydrogen-bond acceptors (Lipinski definition) is 10. The number of nitrogens with one attached hydrogen (secondary N) is 1. The summed E-state index contributed by atoms with van der Waals surface area (Å²) in [7, 11) is 1.65. The monoisotopic (exact) mass is 521 g/mol. The van der Waals surface area contributed by atoms with Gasteiger partial charge in [0.25, 0.3) is 5.91 Å². The first-order valence-electron chi connectivity index (χ1n) is 12.4. The SMILES string of the molecule is Cn1cc(-c2nc(C(=O)Nc3cc4sc(N5CCOCC5)nc4nc3N3CCCCC3)co2)ccc1=O. The van der Waals surface area contributed by atoms with E-state index in [-0.39, 0.29) is 17.1 Å². The molecule has 6 rings (SSSR count). The van der Waals surface area contributed by atoms with Crippen LogP contribution in [-0.2, 0) is 11.8 Å². The van der Waals surface area contributed by atoms with E-state index in [9.17, 15) is 9.59 Å². The highest BCUT2D eigenvalue weighted by Gasteiger charge is 2.23. The zero-order valence-corrected chi connectivity index (χ0v) is 21.3. The molecule has 4 aromatic heterocycles. The average molecular weight is 522 g/mol. The summed E-state index contributed by atoms with van der Waals surface area (Å²) < 4.78 is 13.4. The first kappa shape index (κ1) is 23.6. The van der Waals surface area contributed by atoms with Crippen LogP contribution in [0.4, 0.5) is 16.6 Å². The molecule has 37 heavy (non-hydrogen) atoms. The minimum atomic E-state index is -0.392. The number of aromatic nitrogens is 4. The molecular formula is C25H27N7O4S. The molecule has 11 nitrogen and oxygen atoms in total. The smallest absolute Gasteiger partial charge is 0.277 e. The quantitative estimate of drug-likeness (QED) is 0.422. The third-order valence-corrected chi connectivity index (χ3v) is 7.66. The van der Waals surface area contributed by atoms with Crippen molar-refractivity contribution >= 4 is 44.2 Å². The standard InChI is InChI=1S/C25H27N7O4S/c1-30-14-16(5-6-20(30)33)24-27-18(15-36-24)23(34)26-17-13-19-21(28-22(17)31-7-3-2-4-8-31)29-25(37-19)32-9-11-35-12-10-32/h5-6,13-15H,2-4,7-12H2,1H3,(H,26,34). The van der Waals surface area contributed by atoms with Crippen LogP contribution in [0.3, 0.4) is 0 Å². The second kappa shape index (κ2) is 9.94. The van der Waals surface area contributed by atoms with E-state index in [1.165, 1.54) is 23.3 Å². The Morgan fingerprint density at radius 3 is 2.62 bits per heavy atom. The highest BCUT2D eigenvalue weighted by molar-refractivity contribution is 7.22. The molecule has 2 saturated heterocycles. The van der Waals surface area contributed by atoms with E-state index >= 15 is 0 Å². The van der Waals surface area contributed by atoms with E-state index in [1.54, 1.807) is 30.6 Å². The van der Waals surface area contributed by atoms with Gasteiger partial charge in [-0.05, 0) is 31.4 Å². The van der Waals surface area contributed by atoms with Gasteiger partial charge in [-0.25, -0.2) is 9.97 Å². The zero-order chi connectivity index (χ0) is 25.4. The molecule has 2 fully saturated rings. The number of fused-ring (bicyclic) bond motifs is 1. The van der Waals surface area contributed by atoms with Crippen LogP contribution in [0, 0.1) is 0 Å². The molecule has 0 aliphatic carbocycles. The lowest BCUT2D eigenvalue weighted by Gasteiger charge is -2.29. The van der Waals surface area contributed by atoms with Gasteiger partial charge in [-0.1, -0.05) is 11.3 Å². The van der Waals surface area contributed by atoms with E-state index in [0.29, 0.717) is 30.1 Å². The first-order valence-corrected chi connectivity index (χ1v) is 13.2. The summed E-state index contributed by atoms with van der Waals surface area (Å²) in [5.41, 5.74) is 1.93. The third kappa shape index (κ3) is 4.81. The normalized spacial score (nSPS) is 16.4. The molecule has 0 spiro atoms. The highest BCUT2D eigenvalue weighted by atomic mass is 32.1. The fraction of sp³-hybridized carbons (Fsp3) is 0.400. The number of ether oxygens (including phenoxy) is 1. The van der Waals surface area contributed by atoms with Crippen LogP contribution in [0.25, 0.3) is 21.8 Å². The van der Waals surface area contributed by atoms with Gasteiger partial charge in [0.1, 0.15) is 6.26 Å². The fourth-order valence-electron chi connectivity index (χ4n) is 4.59. The Kier molecular flexibility index (Phi) is 6.35. The number of carbonyl (C=O) groups is 1. The molecule has 1 amide bonds. The second-order valence-corrected chi connectivity index (χ2v) is 10.2. The summed E-state index contributed by atoms with van der Waals surface area (Å²) >= 11 is 1.57.